The van der Waals surface area contributed by atoms with Gasteiger partial charge in [-0.3, -0.25) is 14.4 Å². The van der Waals surface area contributed by atoms with Crippen LogP contribution in [0.4, 0.5) is 11.4 Å². The number of Topliss-reactive ketones (excluding diaryl/α,β-unsaturated/α-hetero) is 1. The van der Waals surface area contributed by atoms with Crippen LogP contribution in [-0.2, 0) is 14.4 Å². The van der Waals surface area contributed by atoms with Crippen molar-refractivity contribution >= 4 is 52.2 Å². The Morgan fingerprint density at radius 2 is 1.47 bits per heavy atom. The van der Waals surface area contributed by atoms with Gasteiger partial charge in [-0.05, 0) is 19.1 Å². The van der Waals surface area contributed by atoms with Crippen molar-refractivity contribution in [1.82, 2.24) is 0 Å². The first kappa shape index (κ1) is 15.5. The molecule has 0 bridgehead atoms. The van der Waals surface area contributed by atoms with Gasteiger partial charge in [0.15, 0.2) is 0 Å². The number of nitrogens with one attached hydrogen (secondary N) is 2. The van der Waals surface area contributed by atoms with Gasteiger partial charge in [0.25, 0.3) is 0 Å². The highest BCUT2D eigenvalue weighted by atomic mass is 35.5. The second-order valence-corrected chi connectivity index (χ2v) is 4.73. The maximum Gasteiger partial charge on any atom is 0.231 e. The minimum absolute atomic E-state index is 0.213. The molecule has 1 aromatic carbocycles. The van der Waals surface area contributed by atoms with Gasteiger partial charge >= 0.3 is 0 Å². The molecule has 7 heteroatoms. The quantitative estimate of drug-likeness (QED) is 0.840. The van der Waals surface area contributed by atoms with E-state index in [1.165, 1.54) is 26.0 Å². The number of carbonyl (C=O) groups is 3. The van der Waals surface area contributed by atoms with E-state index in [1.807, 2.05) is 0 Å². The summed E-state index contributed by atoms with van der Waals surface area (Å²) in [6.45, 7) is 2.65. The monoisotopic (exact) mass is 302 g/mol. The van der Waals surface area contributed by atoms with Crippen LogP contribution in [0.25, 0.3) is 0 Å². The van der Waals surface area contributed by atoms with Crippen molar-refractivity contribution in [1.29, 1.82) is 0 Å². The maximum atomic E-state index is 11.4. The van der Waals surface area contributed by atoms with Crippen molar-refractivity contribution < 1.29 is 14.4 Å². The van der Waals surface area contributed by atoms with Crippen LogP contribution < -0.4 is 10.6 Å². The van der Waals surface area contributed by atoms with Crippen LogP contribution in [-0.4, -0.2) is 17.6 Å². The van der Waals surface area contributed by atoms with Crippen molar-refractivity contribution in [2.24, 2.45) is 0 Å². The number of hydrogen-bond donors (Lipinski definition) is 2. The average molecular weight is 303 g/mol. The van der Waals surface area contributed by atoms with Crippen molar-refractivity contribution in [2.75, 3.05) is 10.6 Å². The second-order valence-electron chi connectivity index (χ2n) is 3.92. The highest BCUT2D eigenvalue weighted by molar-refractivity contribution is 6.38. The Balaban J connectivity index is 2.92. The van der Waals surface area contributed by atoms with E-state index in [4.69, 9.17) is 23.2 Å². The molecule has 0 aliphatic heterocycles. The molecule has 2 amide bonds. The Morgan fingerprint density at radius 1 is 1.00 bits per heavy atom. The molecule has 0 aromatic heterocycles. The fraction of sp³-hybridized carbons (Fsp3) is 0.250. The Hall–Kier alpha value is -1.59. The molecule has 19 heavy (non-hydrogen) atoms. The lowest BCUT2D eigenvalue weighted by atomic mass is 10.2. The van der Waals surface area contributed by atoms with Crippen LogP contribution >= 0.6 is 23.2 Å². The van der Waals surface area contributed by atoms with E-state index in [9.17, 15) is 14.4 Å². The first-order chi connectivity index (χ1) is 8.79. The normalized spacial score (nSPS) is 9.89. The predicted molar refractivity (Wildman–Crippen MR) is 74.7 cm³/mol. The smallest absolute Gasteiger partial charge is 0.231 e. The van der Waals surface area contributed by atoms with Gasteiger partial charge in [0, 0.05) is 6.92 Å². The van der Waals surface area contributed by atoms with Crippen LogP contribution in [0.15, 0.2) is 12.1 Å². The number of hydrogen-bond acceptors (Lipinski definition) is 3. The SMILES string of the molecule is CC(=O)CC(=O)Nc1cc(Cl)c(NC(C)=O)cc1Cl. The Bertz CT molecular complexity index is 544. The van der Waals surface area contributed by atoms with E-state index in [0.29, 0.717) is 5.69 Å². The molecule has 0 fully saturated rings. The number of amides is 2. The van der Waals surface area contributed by atoms with Gasteiger partial charge in [0.05, 0.1) is 27.8 Å². The summed E-state index contributed by atoms with van der Waals surface area (Å²) in [4.78, 5) is 33.2. The van der Waals surface area contributed by atoms with Gasteiger partial charge in [-0.25, -0.2) is 0 Å². The molecule has 1 aromatic rings. The van der Waals surface area contributed by atoms with E-state index < -0.39 is 5.91 Å². The maximum absolute atomic E-state index is 11.4. The van der Waals surface area contributed by atoms with Crippen molar-refractivity contribution in [3.63, 3.8) is 0 Å². The standard InChI is InChI=1S/C12H12Cl2N2O3/c1-6(17)3-12(19)16-11-5-8(13)10(4-9(11)14)15-7(2)18/h4-5H,3H2,1-2H3,(H,15,18)(H,16,19). The van der Waals surface area contributed by atoms with E-state index in [-0.39, 0.29) is 33.8 Å². The lowest BCUT2D eigenvalue weighted by Gasteiger charge is -2.11. The van der Waals surface area contributed by atoms with Crippen LogP contribution in [0.3, 0.4) is 0 Å². The molecular formula is C12H12Cl2N2O3. The summed E-state index contributed by atoms with van der Waals surface area (Å²) in [5.74, 6) is -1.02. The summed E-state index contributed by atoms with van der Waals surface area (Å²) >= 11 is 11.9. The Labute approximate surface area is 120 Å². The molecule has 2 N–H and O–H groups in total. The Kier molecular flexibility index (Phi) is 5.32. The first-order valence-electron chi connectivity index (χ1n) is 5.35. The van der Waals surface area contributed by atoms with E-state index >= 15 is 0 Å². The minimum Gasteiger partial charge on any atom is -0.325 e. The number of carbonyl (C=O) groups excluding carboxylic acids is 3. The summed E-state index contributed by atoms with van der Waals surface area (Å²) in [5.41, 5.74) is 0.635. The summed E-state index contributed by atoms with van der Waals surface area (Å²) < 4.78 is 0. The summed E-state index contributed by atoms with van der Waals surface area (Å²) in [6.07, 6.45) is -0.235. The molecule has 0 saturated heterocycles. The first-order valence-corrected chi connectivity index (χ1v) is 6.11. The molecule has 0 aliphatic rings. The van der Waals surface area contributed by atoms with Crippen LogP contribution in [0.1, 0.15) is 20.3 Å². The molecule has 0 saturated carbocycles. The number of anilines is 2. The van der Waals surface area contributed by atoms with Crippen LogP contribution in [0.5, 0.6) is 0 Å². The van der Waals surface area contributed by atoms with Gasteiger partial charge in [-0.15, -0.1) is 0 Å². The molecule has 0 radical (unpaired) electrons. The topological polar surface area (TPSA) is 75.3 Å². The molecule has 0 spiro atoms. The van der Waals surface area contributed by atoms with E-state index in [1.54, 1.807) is 0 Å². The third-order valence-corrected chi connectivity index (χ3v) is 2.68. The number of rotatable bonds is 4. The van der Waals surface area contributed by atoms with Crippen molar-refractivity contribution in [3.8, 4) is 0 Å². The largest absolute Gasteiger partial charge is 0.325 e. The van der Waals surface area contributed by atoms with Gasteiger partial charge < -0.3 is 10.6 Å². The van der Waals surface area contributed by atoms with Crippen LogP contribution in [0, 0.1) is 0 Å². The lowest BCUT2D eigenvalue weighted by molar-refractivity contribution is -0.124. The Morgan fingerprint density at radius 3 is 1.89 bits per heavy atom. The summed E-state index contributed by atoms with van der Waals surface area (Å²) in [6, 6.07) is 2.84. The minimum atomic E-state index is -0.474. The molecule has 0 heterocycles. The van der Waals surface area contributed by atoms with Crippen molar-refractivity contribution in [2.45, 2.75) is 20.3 Å². The summed E-state index contributed by atoms with van der Waals surface area (Å²) in [7, 11) is 0. The number of ketones is 1. The average Bonchev–Trinajstić information content (AvgIpc) is 2.23. The van der Waals surface area contributed by atoms with E-state index in [2.05, 4.69) is 10.6 Å². The molecule has 102 valence electrons. The summed E-state index contributed by atoms with van der Waals surface area (Å²) in [5, 5.41) is 5.43. The fourth-order valence-corrected chi connectivity index (χ4v) is 1.77. The number of halogens is 2. The zero-order valence-corrected chi connectivity index (χ0v) is 11.9. The number of benzene rings is 1. The molecule has 0 atom stereocenters. The zero-order valence-electron chi connectivity index (χ0n) is 10.3. The third kappa shape index (κ3) is 4.89. The molecule has 0 unspecified atom stereocenters. The molecule has 1 rings (SSSR count). The zero-order chi connectivity index (χ0) is 14.6. The predicted octanol–water partition coefficient (Wildman–Crippen LogP) is 2.87. The molecule has 0 aliphatic carbocycles. The van der Waals surface area contributed by atoms with Crippen molar-refractivity contribution in [3.05, 3.63) is 22.2 Å². The highest BCUT2D eigenvalue weighted by Gasteiger charge is 2.12. The molecule has 5 nitrogen and oxygen atoms in total. The lowest BCUT2D eigenvalue weighted by Crippen LogP contribution is -2.15. The highest BCUT2D eigenvalue weighted by Crippen LogP contribution is 2.32. The van der Waals surface area contributed by atoms with Crippen LogP contribution in [0.2, 0.25) is 10.0 Å². The third-order valence-electron chi connectivity index (χ3n) is 2.05. The fourth-order valence-electron chi connectivity index (χ4n) is 1.35. The van der Waals surface area contributed by atoms with E-state index in [0.717, 1.165) is 0 Å². The second kappa shape index (κ2) is 6.54. The van der Waals surface area contributed by atoms with Gasteiger partial charge in [0.2, 0.25) is 11.8 Å². The van der Waals surface area contributed by atoms with Gasteiger partial charge in [-0.2, -0.15) is 0 Å². The van der Waals surface area contributed by atoms with Gasteiger partial charge in [-0.1, -0.05) is 23.2 Å². The van der Waals surface area contributed by atoms with Gasteiger partial charge in [0.1, 0.15) is 5.78 Å². The molecular weight excluding hydrogens is 291 g/mol.